The first kappa shape index (κ1) is 18.7. The number of anilines is 3. The van der Waals surface area contributed by atoms with Gasteiger partial charge in [0.25, 0.3) is 0 Å². The number of hydrogen-bond donors (Lipinski definition) is 4. The largest absolute Gasteiger partial charge is 0.480 e. The zero-order valence-electron chi connectivity index (χ0n) is 15.9. The Bertz CT molecular complexity index is 1150. The molecule has 1 heterocycles. The van der Waals surface area contributed by atoms with E-state index in [0.717, 1.165) is 33.2 Å². The number of carbonyl (C=O) groups is 1. The summed E-state index contributed by atoms with van der Waals surface area (Å²) in [4.78, 5) is 15.9. The van der Waals surface area contributed by atoms with Gasteiger partial charge in [-0.1, -0.05) is 36.4 Å². The van der Waals surface area contributed by atoms with Crippen molar-refractivity contribution in [3.63, 3.8) is 0 Å². The molecule has 0 saturated heterocycles. The number of para-hydroxylation sites is 2. The van der Waals surface area contributed by atoms with Gasteiger partial charge in [0, 0.05) is 22.1 Å². The number of nitrogens with one attached hydrogen (secondary N) is 2. The number of aromatic nitrogens is 1. The van der Waals surface area contributed by atoms with E-state index in [9.17, 15) is 15.0 Å². The van der Waals surface area contributed by atoms with Crippen molar-refractivity contribution in [3.05, 3.63) is 72.3 Å². The molecule has 0 aliphatic heterocycles. The maximum atomic E-state index is 11.2. The van der Waals surface area contributed by atoms with Crippen LogP contribution in [-0.2, 0) is 11.4 Å². The molecule has 4 aromatic rings. The molecule has 4 N–H and O–H groups in total. The molecule has 0 fully saturated rings. The van der Waals surface area contributed by atoms with E-state index in [1.54, 1.807) is 13.0 Å². The number of aliphatic carboxylic acids is 1. The number of aliphatic hydroxyl groups is 1. The number of rotatable bonds is 6. The molecule has 1 aromatic heterocycles. The van der Waals surface area contributed by atoms with E-state index in [1.165, 1.54) is 0 Å². The first-order chi connectivity index (χ1) is 14.0. The molecule has 29 heavy (non-hydrogen) atoms. The van der Waals surface area contributed by atoms with Gasteiger partial charge in [0.2, 0.25) is 0 Å². The van der Waals surface area contributed by atoms with E-state index in [0.29, 0.717) is 11.3 Å². The summed E-state index contributed by atoms with van der Waals surface area (Å²) in [5.41, 5.74) is 4.72. The summed E-state index contributed by atoms with van der Waals surface area (Å²) in [5.74, 6) is -0.944. The molecule has 0 saturated carbocycles. The highest BCUT2D eigenvalue weighted by atomic mass is 16.4. The topological polar surface area (TPSA) is 94.5 Å². The van der Waals surface area contributed by atoms with Crippen LogP contribution in [-0.4, -0.2) is 27.2 Å². The Morgan fingerprint density at radius 2 is 1.55 bits per heavy atom. The van der Waals surface area contributed by atoms with Crippen LogP contribution in [0.1, 0.15) is 12.5 Å². The van der Waals surface area contributed by atoms with Crippen molar-refractivity contribution >= 4 is 44.8 Å². The van der Waals surface area contributed by atoms with E-state index in [2.05, 4.69) is 10.6 Å². The maximum absolute atomic E-state index is 11.2. The summed E-state index contributed by atoms with van der Waals surface area (Å²) in [6, 6.07) is 20.5. The van der Waals surface area contributed by atoms with Crippen molar-refractivity contribution in [3.8, 4) is 0 Å². The molecule has 0 bridgehead atoms. The van der Waals surface area contributed by atoms with E-state index < -0.39 is 12.0 Å². The minimum atomic E-state index is -0.944. The summed E-state index contributed by atoms with van der Waals surface area (Å²) in [7, 11) is 0. The van der Waals surface area contributed by atoms with E-state index in [4.69, 9.17) is 4.98 Å². The highest BCUT2D eigenvalue weighted by Gasteiger charge is 2.13. The molecule has 6 nitrogen and oxygen atoms in total. The minimum Gasteiger partial charge on any atom is -0.480 e. The second-order valence-electron chi connectivity index (χ2n) is 6.93. The van der Waals surface area contributed by atoms with Gasteiger partial charge in [0.15, 0.2) is 0 Å². The molecular formula is C23H21N3O3. The normalized spacial score (nSPS) is 12.1. The molecule has 1 unspecified atom stereocenters. The highest BCUT2D eigenvalue weighted by molar-refractivity contribution is 6.08. The van der Waals surface area contributed by atoms with Gasteiger partial charge in [-0.3, -0.25) is 4.79 Å². The molecule has 6 heteroatoms. The van der Waals surface area contributed by atoms with Gasteiger partial charge in [-0.15, -0.1) is 0 Å². The van der Waals surface area contributed by atoms with Gasteiger partial charge >= 0.3 is 5.97 Å². The lowest BCUT2D eigenvalue weighted by molar-refractivity contribution is -0.137. The molecule has 0 radical (unpaired) electrons. The Morgan fingerprint density at radius 3 is 2.14 bits per heavy atom. The van der Waals surface area contributed by atoms with Gasteiger partial charge in [0.1, 0.15) is 6.04 Å². The van der Waals surface area contributed by atoms with Crippen molar-refractivity contribution < 1.29 is 15.0 Å². The standard InChI is InChI=1S/C23H21N3O3/c1-14(23(28)29)24-16-10-15(13-27)11-17(12-16)25-22-18-6-2-4-8-20(18)26-21-9-5-3-7-19(21)22/h2-12,14,24,27H,13H2,1H3,(H,25,26)(H,28,29). The van der Waals surface area contributed by atoms with Crippen molar-refractivity contribution in [2.24, 2.45) is 0 Å². The van der Waals surface area contributed by atoms with Crippen LogP contribution in [0, 0.1) is 0 Å². The molecule has 0 spiro atoms. The summed E-state index contributed by atoms with van der Waals surface area (Å²) >= 11 is 0. The third kappa shape index (κ3) is 3.83. The summed E-state index contributed by atoms with van der Waals surface area (Å²) in [5, 5.41) is 27.2. The molecule has 1 atom stereocenters. The smallest absolute Gasteiger partial charge is 0.325 e. The first-order valence-corrected chi connectivity index (χ1v) is 9.34. The van der Waals surface area contributed by atoms with Gasteiger partial charge in [0.05, 0.1) is 23.3 Å². The summed E-state index contributed by atoms with van der Waals surface area (Å²) in [6.07, 6.45) is 0. The molecular weight excluding hydrogens is 366 g/mol. The second kappa shape index (κ2) is 7.77. The van der Waals surface area contributed by atoms with Crippen LogP contribution < -0.4 is 10.6 Å². The lowest BCUT2D eigenvalue weighted by Crippen LogP contribution is -2.25. The molecule has 146 valence electrons. The van der Waals surface area contributed by atoms with Crippen molar-refractivity contribution in [1.29, 1.82) is 0 Å². The van der Waals surface area contributed by atoms with E-state index in [1.807, 2.05) is 60.7 Å². The van der Waals surface area contributed by atoms with E-state index in [-0.39, 0.29) is 6.61 Å². The molecule has 0 aliphatic carbocycles. The summed E-state index contributed by atoms with van der Waals surface area (Å²) in [6.45, 7) is 1.43. The van der Waals surface area contributed by atoms with Crippen LogP contribution in [0.3, 0.4) is 0 Å². The Hall–Kier alpha value is -3.64. The first-order valence-electron chi connectivity index (χ1n) is 9.34. The Kier molecular flexibility index (Phi) is 5.01. The zero-order valence-corrected chi connectivity index (χ0v) is 15.9. The Labute approximate surface area is 167 Å². The number of hydrogen-bond acceptors (Lipinski definition) is 5. The predicted molar refractivity (Wildman–Crippen MR) is 116 cm³/mol. The van der Waals surface area contributed by atoms with Crippen LogP contribution in [0.5, 0.6) is 0 Å². The number of carboxylic acids is 1. The lowest BCUT2D eigenvalue weighted by Gasteiger charge is -2.17. The number of aliphatic hydroxyl groups excluding tert-OH is 1. The van der Waals surface area contributed by atoms with Gasteiger partial charge in [-0.05, 0) is 42.8 Å². The molecule has 3 aromatic carbocycles. The van der Waals surface area contributed by atoms with Crippen LogP contribution in [0.15, 0.2) is 66.7 Å². The fourth-order valence-corrected chi connectivity index (χ4v) is 3.37. The van der Waals surface area contributed by atoms with Crippen LogP contribution in [0.25, 0.3) is 21.8 Å². The van der Waals surface area contributed by atoms with Gasteiger partial charge < -0.3 is 20.8 Å². The fraction of sp³-hybridized carbons (Fsp3) is 0.130. The quantitative estimate of drug-likeness (QED) is 0.364. The number of fused-ring (bicyclic) bond motifs is 2. The SMILES string of the molecule is CC(Nc1cc(CO)cc(Nc2c3ccccc3nc3ccccc23)c1)C(=O)O. The average molecular weight is 387 g/mol. The maximum Gasteiger partial charge on any atom is 0.325 e. The molecule has 0 aliphatic rings. The van der Waals surface area contributed by atoms with Crippen molar-refractivity contribution in [1.82, 2.24) is 4.98 Å². The van der Waals surface area contributed by atoms with Crippen molar-refractivity contribution in [2.75, 3.05) is 10.6 Å². The van der Waals surface area contributed by atoms with Crippen LogP contribution >= 0.6 is 0 Å². The minimum absolute atomic E-state index is 0.149. The summed E-state index contributed by atoms with van der Waals surface area (Å²) < 4.78 is 0. The van der Waals surface area contributed by atoms with Gasteiger partial charge in [-0.25, -0.2) is 4.98 Å². The Morgan fingerprint density at radius 1 is 0.966 bits per heavy atom. The fourth-order valence-electron chi connectivity index (χ4n) is 3.37. The number of benzene rings is 3. The highest BCUT2D eigenvalue weighted by Crippen LogP contribution is 2.34. The molecule has 4 rings (SSSR count). The van der Waals surface area contributed by atoms with Gasteiger partial charge in [-0.2, -0.15) is 0 Å². The average Bonchev–Trinajstić information content (AvgIpc) is 2.73. The molecule has 0 amide bonds. The monoisotopic (exact) mass is 387 g/mol. The van der Waals surface area contributed by atoms with E-state index >= 15 is 0 Å². The van der Waals surface area contributed by atoms with Crippen LogP contribution in [0.4, 0.5) is 17.1 Å². The number of nitrogens with zero attached hydrogens (tertiary/aromatic N) is 1. The third-order valence-electron chi connectivity index (χ3n) is 4.79. The van der Waals surface area contributed by atoms with Crippen molar-refractivity contribution in [2.45, 2.75) is 19.6 Å². The third-order valence-corrected chi connectivity index (χ3v) is 4.79. The predicted octanol–water partition coefficient (Wildman–Crippen LogP) is 4.51. The zero-order chi connectivity index (χ0) is 20.4. The lowest BCUT2D eigenvalue weighted by atomic mass is 10.1. The van der Waals surface area contributed by atoms with Crippen LogP contribution in [0.2, 0.25) is 0 Å². The number of pyridine rings is 1. The number of carboxylic acid groups (broad SMARTS) is 1. The second-order valence-corrected chi connectivity index (χ2v) is 6.93. The Balaban J connectivity index is 1.82.